The largest absolute Gasteiger partial charge is 0.503 e. The molecular formula is C20H29N2O5+. The molecule has 7 nitrogen and oxygen atoms in total. The number of rotatable bonds is 9. The molecule has 0 aliphatic carbocycles. The van der Waals surface area contributed by atoms with Gasteiger partial charge in [0.2, 0.25) is 0 Å². The van der Waals surface area contributed by atoms with E-state index in [0.29, 0.717) is 23.6 Å². The van der Waals surface area contributed by atoms with E-state index >= 15 is 0 Å². The lowest BCUT2D eigenvalue weighted by Gasteiger charge is -2.28. The Bertz CT molecular complexity index is 740. The van der Waals surface area contributed by atoms with Gasteiger partial charge in [-0.1, -0.05) is 6.07 Å². The maximum absolute atomic E-state index is 12.7. The Hall–Kier alpha value is -2.54. The lowest BCUT2D eigenvalue weighted by atomic mass is 9.96. The number of methoxy groups -OCH3 is 2. The molecule has 0 bridgehead atoms. The van der Waals surface area contributed by atoms with Gasteiger partial charge in [0.1, 0.15) is 0 Å². The van der Waals surface area contributed by atoms with Crippen LogP contribution >= 0.6 is 0 Å². The molecule has 0 radical (unpaired) electrons. The van der Waals surface area contributed by atoms with Crippen LogP contribution in [0.3, 0.4) is 0 Å². The number of aliphatic hydroxyl groups is 1. The molecular weight excluding hydrogens is 348 g/mol. The van der Waals surface area contributed by atoms with Gasteiger partial charge in [0.25, 0.3) is 5.91 Å². The average Bonchev–Trinajstić information content (AvgIpc) is 2.93. The molecule has 1 amide bonds. The fourth-order valence-corrected chi connectivity index (χ4v) is 3.50. The highest BCUT2D eigenvalue weighted by atomic mass is 16.5. The second kappa shape index (κ2) is 8.90. The number of carbonyl (C=O) groups is 2. The van der Waals surface area contributed by atoms with Crippen molar-refractivity contribution >= 4 is 11.7 Å². The zero-order valence-corrected chi connectivity index (χ0v) is 16.7. The third-order valence-electron chi connectivity index (χ3n) is 5.11. The number of hydrogen-bond donors (Lipinski definition) is 2. The summed E-state index contributed by atoms with van der Waals surface area (Å²) in [6.07, 6.45) is 0. The number of nitrogens with zero attached hydrogens (tertiary/aromatic N) is 1. The van der Waals surface area contributed by atoms with E-state index in [1.54, 1.807) is 30.2 Å². The Morgan fingerprint density at radius 2 is 1.81 bits per heavy atom. The third kappa shape index (κ3) is 4.08. The number of aliphatic hydroxyl groups excluding tert-OH is 1. The number of Topliss-reactive ketones (excluding diaryl/α,β-unsaturated/α-hetero) is 1. The highest BCUT2D eigenvalue weighted by Gasteiger charge is 2.42. The molecule has 7 heteroatoms. The van der Waals surface area contributed by atoms with E-state index in [9.17, 15) is 14.7 Å². The normalized spacial score (nSPS) is 17.0. The van der Waals surface area contributed by atoms with Gasteiger partial charge in [-0.3, -0.25) is 9.59 Å². The molecule has 0 unspecified atom stereocenters. The van der Waals surface area contributed by atoms with Gasteiger partial charge in [0.05, 0.1) is 52.0 Å². The Labute approximate surface area is 160 Å². The van der Waals surface area contributed by atoms with E-state index in [0.717, 1.165) is 19.6 Å². The molecule has 1 atom stereocenters. The van der Waals surface area contributed by atoms with Gasteiger partial charge in [-0.25, -0.2) is 0 Å². The van der Waals surface area contributed by atoms with Crippen molar-refractivity contribution in [3.05, 3.63) is 35.1 Å². The third-order valence-corrected chi connectivity index (χ3v) is 5.11. The topological polar surface area (TPSA) is 80.5 Å². The number of benzene rings is 1. The van der Waals surface area contributed by atoms with E-state index in [-0.39, 0.29) is 11.4 Å². The molecule has 0 saturated carbocycles. The van der Waals surface area contributed by atoms with Gasteiger partial charge >= 0.3 is 0 Å². The van der Waals surface area contributed by atoms with E-state index in [1.165, 1.54) is 18.9 Å². The first-order valence-electron chi connectivity index (χ1n) is 9.19. The standard InChI is InChI=1S/C20H28N2O5/c1-6-21(7-2)10-11-22-18(17(13(3)23)19(24)20(22)25)14-8-9-15(26-4)16(12-14)27-5/h8-9,12,18,24H,6-7,10-11H2,1-5H3/p+1/t18-/m0/s1. The first kappa shape index (κ1) is 20.8. The SMILES string of the molecule is CC[NH+](CC)CCN1C(=O)C(O)=C(C(C)=O)[C@@H]1c1ccc(OC)c(OC)c1. The summed E-state index contributed by atoms with van der Waals surface area (Å²) >= 11 is 0. The average molecular weight is 377 g/mol. The van der Waals surface area contributed by atoms with Gasteiger partial charge in [0.15, 0.2) is 23.0 Å². The summed E-state index contributed by atoms with van der Waals surface area (Å²) in [4.78, 5) is 27.8. The summed E-state index contributed by atoms with van der Waals surface area (Å²) in [5.41, 5.74) is 0.826. The number of ether oxygens (including phenoxy) is 2. The summed E-state index contributed by atoms with van der Waals surface area (Å²) in [5.74, 6) is -0.227. The van der Waals surface area contributed by atoms with Crippen LogP contribution in [0.5, 0.6) is 11.5 Å². The zero-order chi connectivity index (χ0) is 20.1. The second-order valence-corrected chi connectivity index (χ2v) is 6.54. The summed E-state index contributed by atoms with van der Waals surface area (Å²) in [6, 6.07) is 4.64. The number of quaternary nitrogens is 1. The van der Waals surface area contributed by atoms with Crippen molar-refractivity contribution in [2.45, 2.75) is 26.8 Å². The Morgan fingerprint density at radius 3 is 2.33 bits per heavy atom. The Morgan fingerprint density at radius 1 is 1.19 bits per heavy atom. The number of amides is 1. The lowest BCUT2D eigenvalue weighted by molar-refractivity contribution is -0.895. The number of hydrogen-bond acceptors (Lipinski definition) is 5. The fraction of sp³-hybridized carbons (Fsp3) is 0.500. The number of carbonyl (C=O) groups excluding carboxylic acids is 2. The van der Waals surface area contributed by atoms with Crippen LogP contribution < -0.4 is 14.4 Å². The van der Waals surface area contributed by atoms with Gasteiger partial charge < -0.3 is 24.4 Å². The summed E-state index contributed by atoms with van der Waals surface area (Å²) in [5, 5.41) is 10.3. The number of likely N-dealkylation sites (N-methyl/N-ethyl adjacent to an activating group) is 1. The van der Waals surface area contributed by atoms with Crippen molar-refractivity contribution in [3.63, 3.8) is 0 Å². The first-order chi connectivity index (χ1) is 12.9. The summed E-state index contributed by atoms with van der Waals surface area (Å²) < 4.78 is 10.6. The van der Waals surface area contributed by atoms with Crippen LogP contribution in [-0.4, -0.2) is 62.1 Å². The van der Waals surface area contributed by atoms with Crippen molar-refractivity contribution in [2.75, 3.05) is 40.4 Å². The molecule has 0 saturated heterocycles. The van der Waals surface area contributed by atoms with E-state index in [4.69, 9.17) is 9.47 Å². The molecule has 1 aromatic carbocycles. The molecule has 0 aromatic heterocycles. The molecule has 1 aromatic rings. The van der Waals surface area contributed by atoms with Crippen LogP contribution in [0.2, 0.25) is 0 Å². The van der Waals surface area contributed by atoms with Crippen molar-refractivity contribution in [2.24, 2.45) is 0 Å². The van der Waals surface area contributed by atoms with Crippen LogP contribution in [0.1, 0.15) is 32.4 Å². The predicted molar refractivity (Wildman–Crippen MR) is 101 cm³/mol. The van der Waals surface area contributed by atoms with E-state index in [2.05, 4.69) is 13.8 Å². The van der Waals surface area contributed by atoms with Gasteiger partial charge in [0, 0.05) is 0 Å². The quantitative estimate of drug-likeness (QED) is 0.669. The highest BCUT2D eigenvalue weighted by Crippen LogP contribution is 2.40. The van der Waals surface area contributed by atoms with Crippen molar-refractivity contribution in [1.82, 2.24) is 4.90 Å². The van der Waals surface area contributed by atoms with Crippen LogP contribution in [0, 0.1) is 0 Å². The van der Waals surface area contributed by atoms with Crippen molar-refractivity contribution in [1.29, 1.82) is 0 Å². The summed E-state index contributed by atoms with van der Waals surface area (Å²) in [7, 11) is 3.07. The van der Waals surface area contributed by atoms with Crippen molar-refractivity contribution in [3.8, 4) is 11.5 Å². The maximum Gasteiger partial charge on any atom is 0.290 e. The van der Waals surface area contributed by atoms with Crippen LogP contribution in [0.15, 0.2) is 29.5 Å². The van der Waals surface area contributed by atoms with Crippen LogP contribution in [-0.2, 0) is 9.59 Å². The molecule has 0 spiro atoms. The molecule has 1 heterocycles. The minimum Gasteiger partial charge on any atom is -0.503 e. The fourth-order valence-electron chi connectivity index (χ4n) is 3.50. The maximum atomic E-state index is 12.7. The predicted octanol–water partition coefficient (Wildman–Crippen LogP) is 0.913. The minimum absolute atomic E-state index is 0.127. The van der Waals surface area contributed by atoms with Crippen molar-refractivity contribution < 1.29 is 29.1 Å². The van der Waals surface area contributed by atoms with Crippen LogP contribution in [0.4, 0.5) is 0 Å². The van der Waals surface area contributed by atoms with E-state index in [1.807, 2.05) is 0 Å². The van der Waals surface area contributed by atoms with Crippen LogP contribution in [0.25, 0.3) is 0 Å². The molecule has 1 aliphatic heterocycles. The smallest absolute Gasteiger partial charge is 0.290 e. The van der Waals surface area contributed by atoms with Gasteiger partial charge in [-0.2, -0.15) is 0 Å². The Balaban J connectivity index is 2.45. The van der Waals surface area contributed by atoms with E-state index < -0.39 is 17.7 Å². The molecule has 0 fully saturated rings. The lowest BCUT2D eigenvalue weighted by Crippen LogP contribution is -3.12. The molecule has 27 heavy (non-hydrogen) atoms. The molecule has 1 aliphatic rings. The minimum atomic E-state index is -0.634. The molecule has 2 rings (SSSR count). The zero-order valence-electron chi connectivity index (χ0n) is 16.7. The number of ketones is 1. The molecule has 2 N–H and O–H groups in total. The summed E-state index contributed by atoms with van der Waals surface area (Å²) in [6.45, 7) is 8.61. The molecule has 148 valence electrons. The Kier molecular flexibility index (Phi) is 6.85. The first-order valence-corrected chi connectivity index (χ1v) is 9.19. The number of nitrogens with one attached hydrogen (secondary N) is 1. The monoisotopic (exact) mass is 377 g/mol. The second-order valence-electron chi connectivity index (χ2n) is 6.54. The van der Waals surface area contributed by atoms with Gasteiger partial charge in [-0.05, 0) is 38.5 Å². The van der Waals surface area contributed by atoms with Gasteiger partial charge in [-0.15, -0.1) is 0 Å². The highest BCUT2D eigenvalue weighted by molar-refractivity contribution is 6.08.